The van der Waals surface area contributed by atoms with Crippen molar-refractivity contribution in [2.45, 2.75) is 37.6 Å². The Morgan fingerprint density at radius 1 is 1.03 bits per heavy atom. The van der Waals surface area contributed by atoms with Crippen molar-refractivity contribution >= 4 is 16.9 Å². The van der Waals surface area contributed by atoms with E-state index in [1.165, 1.54) is 30.3 Å². The number of phenols is 2. The van der Waals surface area contributed by atoms with Gasteiger partial charge in [-0.15, -0.1) is 0 Å². The molecule has 0 amide bonds. The fourth-order valence-electron chi connectivity index (χ4n) is 3.71. The minimum atomic E-state index is -1.70. The molecule has 4 rings (SSSR count). The van der Waals surface area contributed by atoms with E-state index in [0.29, 0.717) is 5.56 Å². The number of carbonyl (C=O) groups is 1. The maximum Gasteiger partial charge on any atom is 0.330 e. The Kier molecular flexibility index (Phi) is 7.27. The first-order valence-electron chi connectivity index (χ1n) is 10.9. The van der Waals surface area contributed by atoms with E-state index in [4.69, 9.17) is 18.6 Å². The van der Waals surface area contributed by atoms with Crippen molar-refractivity contribution in [1.29, 1.82) is 0 Å². The first kappa shape index (κ1) is 25.2. The maximum atomic E-state index is 12.6. The Morgan fingerprint density at radius 3 is 2.44 bits per heavy atom. The van der Waals surface area contributed by atoms with Gasteiger partial charge in [0.05, 0.1) is 0 Å². The lowest BCUT2D eigenvalue weighted by atomic mass is 9.99. The highest BCUT2D eigenvalue weighted by Crippen LogP contribution is 2.33. The zero-order valence-corrected chi connectivity index (χ0v) is 19.0. The van der Waals surface area contributed by atoms with E-state index < -0.39 is 54.5 Å². The first-order valence-corrected chi connectivity index (χ1v) is 10.9. The van der Waals surface area contributed by atoms with Crippen molar-refractivity contribution in [3.05, 3.63) is 64.8 Å². The summed E-state index contributed by atoms with van der Waals surface area (Å²) < 4.78 is 21.9. The zero-order chi connectivity index (χ0) is 26.0. The SMILES string of the molecule is CC=CC(=O)OC[C@H]1O[C@@H](Oc2cc(O)c3c(=O)cc(-c4ccc(O)cc4)oc3c2)[C@H](O)[C@@H](O)[C@@H]1O. The molecule has 1 aromatic heterocycles. The summed E-state index contributed by atoms with van der Waals surface area (Å²) in [6.45, 7) is 1.19. The number of fused-ring (bicyclic) bond motifs is 1. The van der Waals surface area contributed by atoms with Gasteiger partial charge in [-0.25, -0.2) is 4.79 Å². The maximum absolute atomic E-state index is 12.6. The van der Waals surface area contributed by atoms with Crippen molar-refractivity contribution in [3.63, 3.8) is 0 Å². The van der Waals surface area contributed by atoms with Gasteiger partial charge >= 0.3 is 5.97 Å². The smallest absolute Gasteiger partial charge is 0.330 e. The van der Waals surface area contributed by atoms with Gasteiger partial charge < -0.3 is 44.2 Å². The lowest BCUT2D eigenvalue weighted by Gasteiger charge is -2.39. The predicted molar refractivity (Wildman–Crippen MR) is 124 cm³/mol. The number of hydrogen-bond donors (Lipinski definition) is 5. The average Bonchev–Trinajstić information content (AvgIpc) is 2.83. The van der Waals surface area contributed by atoms with Crippen LogP contribution in [0.15, 0.2) is 63.8 Å². The lowest BCUT2D eigenvalue weighted by molar-refractivity contribution is -0.278. The van der Waals surface area contributed by atoms with E-state index in [1.807, 2.05) is 0 Å². The summed E-state index contributed by atoms with van der Waals surface area (Å²) in [4.78, 5) is 24.2. The van der Waals surface area contributed by atoms with E-state index in [-0.39, 0.29) is 28.2 Å². The Labute approximate surface area is 204 Å². The van der Waals surface area contributed by atoms with E-state index in [2.05, 4.69) is 0 Å². The molecule has 2 heterocycles. The van der Waals surface area contributed by atoms with Gasteiger partial charge in [0.25, 0.3) is 0 Å². The average molecular weight is 500 g/mol. The van der Waals surface area contributed by atoms with Crippen molar-refractivity contribution < 1.29 is 49.0 Å². The number of allylic oxidation sites excluding steroid dienone is 1. The van der Waals surface area contributed by atoms with Crippen LogP contribution in [0.1, 0.15) is 6.92 Å². The molecular formula is C25H24O11. The van der Waals surface area contributed by atoms with E-state index >= 15 is 0 Å². The second-order valence-corrected chi connectivity index (χ2v) is 8.10. The van der Waals surface area contributed by atoms with Gasteiger partial charge in [0.15, 0.2) is 5.43 Å². The van der Waals surface area contributed by atoms with Crippen LogP contribution in [0.4, 0.5) is 0 Å². The van der Waals surface area contributed by atoms with Gasteiger partial charge in [0.1, 0.15) is 65.0 Å². The number of esters is 1. The third-order valence-corrected chi connectivity index (χ3v) is 5.55. The number of aliphatic hydroxyl groups is 3. The normalized spacial score (nSPS) is 24.2. The van der Waals surface area contributed by atoms with Crippen LogP contribution in [0.2, 0.25) is 0 Å². The Balaban J connectivity index is 1.61. The quantitative estimate of drug-likeness (QED) is 0.243. The molecule has 11 heteroatoms. The van der Waals surface area contributed by atoms with Crippen LogP contribution in [0, 0.1) is 0 Å². The molecule has 0 aliphatic carbocycles. The molecule has 0 bridgehead atoms. The number of carbonyl (C=O) groups excluding carboxylic acids is 1. The van der Waals surface area contributed by atoms with Crippen LogP contribution in [0.5, 0.6) is 17.2 Å². The number of aliphatic hydroxyl groups excluding tert-OH is 3. The third-order valence-electron chi connectivity index (χ3n) is 5.55. The highest BCUT2D eigenvalue weighted by Gasteiger charge is 2.45. The molecule has 190 valence electrons. The second kappa shape index (κ2) is 10.4. The molecule has 0 unspecified atom stereocenters. The van der Waals surface area contributed by atoms with Crippen molar-refractivity contribution in [2.75, 3.05) is 6.61 Å². The van der Waals surface area contributed by atoms with Gasteiger partial charge in [0.2, 0.25) is 6.29 Å². The summed E-state index contributed by atoms with van der Waals surface area (Å²) in [6, 6.07) is 9.52. The fourth-order valence-corrected chi connectivity index (χ4v) is 3.71. The Morgan fingerprint density at radius 2 is 1.75 bits per heavy atom. The molecule has 5 N–H and O–H groups in total. The van der Waals surface area contributed by atoms with Crippen molar-refractivity contribution in [2.24, 2.45) is 0 Å². The highest BCUT2D eigenvalue weighted by molar-refractivity contribution is 5.86. The predicted octanol–water partition coefficient (Wildman–Crippen LogP) is 1.18. The highest BCUT2D eigenvalue weighted by atomic mass is 16.7. The van der Waals surface area contributed by atoms with Crippen LogP contribution >= 0.6 is 0 Å². The van der Waals surface area contributed by atoms with Crippen LogP contribution in [0.3, 0.4) is 0 Å². The van der Waals surface area contributed by atoms with Crippen molar-refractivity contribution in [1.82, 2.24) is 0 Å². The molecule has 1 aliphatic rings. The summed E-state index contributed by atoms with van der Waals surface area (Å²) in [5.74, 6) is -1.03. The van der Waals surface area contributed by atoms with Crippen LogP contribution in [0.25, 0.3) is 22.3 Å². The standard InChI is InChI=1S/C25H24O11/c1-2-3-20(29)33-11-19-22(30)23(31)24(32)25(36-19)34-14-8-15(27)21-16(28)10-17(35-18(21)9-14)12-4-6-13(26)7-5-12/h2-10,19,22-27,30-32H,11H2,1H3/t19-,22-,23+,24-,25-/m1/s1. The largest absolute Gasteiger partial charge is 0.508 e. The molecule has 1 aliphatic heterocycles. The number of aromatic hydroxyl groups is 2. The van der Waals surface area contributed by atoms with Gasteiger partial charge in [-0.3, -0.25) is 4.79 Å². The molecule has 1 fully saturated rings. The van der Waals surface area contributed by atoms with Crippen LogP contribution in [-0.2, 0) is 14.3 Å². The molecule has 11 nitrogen and oxygen atoms in total. The molecular weight excluding hydrogens is 476 g/mol. The van der Waals surface area contributed by atoms with Crippen LogP contribution in [-0.4, -0.2) is 68.8 Å². The number of phenolic OH excluding ortho intramolecular Hbond substituents is 2. The number of benzene rings is 2. The first-order chi connectivity index (χ1) is 17.2. The number of hydrogen-bond acceptors (Lipinski definition) is 11. The van der Waals surface area contributed by atoms with Gasteiger partial charge in [-0.05, 0) is 31.2 Å². The monoisotopic (exact) mass is 500 g/mol. The summed E-state index contributed by atoms with van der Waals surface area (Å²) in [5, 5.41) is 50.6. The molecule has 0 saturated carbocycles. The van der Waals surface area contributed by atoms with E-state index in [0.717, 1.165) is 12.1 Å². The van der Waals surface area contributed by atoms with Crippen molar-refractivity contribution in [3.8, 4) is 28.6 Å². The Bertz CT molecular complexity index is 1330. The Hall–Kier alpha value is -3.90. The molecule has 2 aromatic carbocycles. The van der Waals surface area contributed by atoms with E-state index in [1.54, 1.807) is 19.1 Å². The molecule has 36 heavy (non-hydrogen) atoms. The molecule has 0 spiro atoms. The van der Waals surface area contributed by atoms with Gasteiger partial charge in [-0.2, -0.15) is 0 Å². The van der Waals surface area contributed by atoms with Crippen LogP contribution < -0.4 is 10.2 Å². The summed E-state index contributed by atoms with van der Waals surface area (Å²) in [5.41, 5.74) is -0.0711. The minimum Gasteiger partial charge on any atom is -0.508 e. The van der Waals surface area contributed by atoms with Gasteiger partial charge in [-0.1, -0.05) is 6.08 Å². The van der Waals surface area contributed by atoms with E-state index in [9.17, 15) is 35.1 Å². The second-order valence-electron chi connectivity index (χ2n) is 8.10. The summed E-state index contributed by atoms with van der Waals surface area (Å²) >= 11 is 0. The topological polar surface area (TPSA) is 176 Å². The molecule has 0 radical (unpaired) electrons. The molecule has 5 atom stereocenters. The number of ether oxygens (including phenoxy) is 3. The summed E-state index contributed by atoms with van der Waals surface area (Å²) in [7, 11) is 0. The fraction of sp³-hybridized carbons (Fsp3) is 0.280. The minimum absolute atomic E-state index is 0.0310. The zero-order valence-electron chi connectivity index (χ0n) is 19.0. The lowest BCUT2D eigenvalue weighted by Crippen LogP contribution is -2.60. The summed E-state index contributed by atoms with van der Waals surface area (Å²) in [6.07, 6.45) is -5.10. The van der Waals surface area contributed by atoms with Gasteiger partial charge in [0, 0.05) is 29.8 Å². The number of rotatable bonds is 6. The molecule has 1 saturated heterocycles. The molecule has 3 aromatic rings. The third kappa shape index (κ3) is 5.19.